The van der Waals surface area contributed by atoms with E-state index in [1.165, 1.54) is 6.08 Å². The summed E-state index contributed by atoms with van der Waals surface area (Å²) in [4.78, 5) is 38.1. The molecule has 1 aromatic heterocycles. The highest BCUT2D eigenvalue weighted by Gasteiger charge is 2.36. The molecule has 0 unspecified atom stereocenters. The third-order valence-electron chi connectivity index (χ3n) is 4.16. The molecule has 0 spiro atoms. The molecule has 3 aromatic rings. The summed E-state index contributed by atoms with van der Waals surface area (Å²) in [5.41, 5.74) is 1.05. The number of hydrogen-bond donors (Lipinski definition) is 1. The van der Waals surface area contributed by atoms with E-state index in [1.807, 2.05) is 24.3 Å². The summed E-state index contributed by atoms with van der Waals surface area (Å²) in [7, 11) is 0. The Morgan fingerprint density at radius 1 is 0.893 bits per heavy atom. The van der Waals surface area contributed by atoms with Crippen LogP contribution < -0.4 is 10.2 Å². The Morgan fingerprint density at radius 2 is 1.61 bits per heavy atom. The largest absolute Gasteiger partial charge is 0.457 e. The van der Waals surface area contributed by atoms with Crippen molar-refractivity contribution in [3.63, 3.8) is 0 Å². The number of carbonyl (C=O) groups excluding carboxylic acids is 3. The van der Waals surface area contributed by atoms with E-state index in [-0.39, 0.29) is 5.57 Å². The van der Waals surface area contributed by atoms with Crippen LogP contribution in [0.1, 0.15) is 5.76 Å². The van der Waals surface area contributed by atoms with Gasteiger partial charge in [-0.05, 0) is 42.5 Å². The van der Waals surface area contributed by atoms with Gasteiger partial charge in [0.2, 0.25) is 0 Å². The van der Waals surface area contributed by atoms with Gasteiger partial charge in [0.1, 0.15) is 17.1 Å². The first-order chi connectivity index (χ1) is 13.5. The number of nitrogens with one attached hydrogen (secondary N) is 1. The summed E-state index contributed by atoms with van der Waals surface area (Å²) < 4.78 is 6.69. The molecule has 2 heterocycles. The number of benzene rings is 2. The molecular weight excluding hydrogens is 424 g/mol. The molecule has 1 fully saturated rings. The molecule has 4 amide bonds. The highest BCUT2D eigenvalue weighted by atomic mass is 79.9. The number of furan rings is 1. The van der Waals surface area contributed by atoms with E-state index in [2.05, 4.69) is 21.2 Å². The molecule has 1 saturated heterocycles. The van der Waals surface area contributed by atoms with Gasteiger partial charge in [0.25, 0.3) is 11.8 Å². The molecule has 4 rings (SSSR count). The van der Waals surface area contributed by atoms with Crippen molar-refractivity contribution in [2.75, 3.05) is 4.90 Å². The number of carbonyl (C=O) groups is 3. The molecule has 1 aliphatic rings. The molecule has 2 aromatic carbocycles. The second kappa shape index (κ2) is 7.28. The fourth-order valence-corrected chi connectivity index (χ4v) is 3.08. The zero-order valence-corrected chi connectivity index (χ0v) is 16.0. The predicted octanol–water partition coefficient (Wildman–Crippen LogP) is 4.38. The molecule has 1 N–H and O–H groups in total. The van der Waals surface area contributed by atoms with Gasteiger partial charge in [-0.3, -0.25) is 14.9 Å². The second-order valence-electron chi connectivity index (χ2n) is 6.00. The van der Waals surface area contributed by atoms with Crippen LogP contribution in [0.25, 0.3) is 17.4 Å². The van der Waals surface area contributed by atoms with Gasteiger partial charge in [0.05, 0.1) is 5.69 Å². The van der Waals surface area contributed by atoms with Crippen LogP contribution in [-0.2, 0) is 9.59 Å². The fourth-order valence-electron chi connectivity index (χ4n) is 2.81. The van der Waals surface area contributed by atoms with Gasteiger partial charge in [0, 0.05) is 10.0 Å². The zero-order valence-electron chi connectivity index (χ0n) is 14.4. The van der Waals surface area contributed by atoms with Crippen LogP contribution in [0.2, 0.25) is 0 Å². The maximum absolute atomic E-state index is 12.8. The highest BCUT2D eigenvalue weighted by Crippen LogP contribution is 2.26. The van der Waals surface area contributed by atoms with Gasteiger partial charge >= 0.3 is 6.03 Å². The van der Waals surface area contributed by atoms with Crippen molar-refractivity contribution in [2.45, 2.75) is 0 Å². The summed E-state index contributed by atoms with van der Waals surface area (Å²) in [6.45, 7) is 0. The number of hydrogen-bond acceptors (Lipinski definition) is 4. The first-order valence-electron chi connectivity index (χ1n) is 8.35. The lowest BCUT2D eigenvalue weighted by Crippen LogP contribution is -2.54. The zero-order chi connectivity index (χ0) is 19.7. The Hall–Kier alpha value is -3.45. The minimum absolute atomic E-state index is 0.180. The Morgan fingerprint density at radius 3 is 2.32 bits per heavy atom. The molecular formula is C21H13BrN2O4. The lowest BCUT2D eigenvalue weighted by atomic mass is 10.1. The quantitative estimate of drug-likeness (QED) is 0.488. The number of para-hydroxylation sites is 1. The van der Waals surface area contributed by atoms with Crippen molar-refractivity contribution in [1.29, 1.82) is 0 Å². The molecule has 0 saturated carbocycles. The Balaban J connectivity index is 1.67. The van der Waals surface area contributed by atoms with Crippen molar-refractivity contribution < 1.29 is 18.8 Å². The maximum atomic E-state index is 12.8. The third kappa shape index (κ3) is 3.39. The first kappa shape index (κ1) is 17.9. The average Bonchev–Trinajstić information content (AvgIpc) is 3.15. The van der Waals surface area contributed by atoms with Crippen LogP contribution in [-0.4, -0.2) is 17.8 Å². The normalized spacial score (nSPS) is 15.8. The molecule has 0 bridgehead atoms. The molecule has 6 nitrogen and oxygen atoms in total. The van der Waals surface area contributed by atoms with Gasteiger partial charge < -0.3 is 4.42 Å². The van der Waals surface area contributed by atoms with E-state index in [4.69, 9.17) is 4.42 Å². The molecule has 1 aliphatic heterocycles. The number of anilines is 1. The molecule has 28 heavy (non-hydrogen) atoms. The topological polar surface area (TPSA) is 79.6 Å². The number of halogens is 1. The third-order valence-corrected chi connectivity index (χ3v) is 4.69. The SMILES string of the molecule is O=C1NC(=O)N(c2ccccc2)C(=O)/C1=C/c1ccc(-c2ccc(Br)cc2)o1. The summed E-state index contributed by atoms with van der Waals surface area (Å²) in [6, 6.07) is 18.6. The van der Waals surface area contributed by atoms with Crippen molar-refractivity contribution in [2.24, 2.45) is 0 Å². The minimum Gasteiger partial charge on any atom is -0.457 e. The number of nitrogens with zero attached hydrogens (tertiary/aromatic N) is 1. The van der Waals surface area contributed by atoms with Gasteiger partial charge in [0.15, 0.2) is 0 Å². The number of urea groups is 1. The number of amides is 4. The standard InChI is InChI=1S/C21H13BrN2O4/c22-14-8-6-13(7-9-14)18-11-10-16(28-18)12-17-19(25)23-21(27)24(20(17)26)15-4-2-1-3-5-15/h1-12H,(H,23,25,27)/b17-12+. The molecule has 0 radical (unpaired) electrons. The van der Waals surface area contributed by atoms with Gasteiger partial charge in [-0.2, -0.15) is 0 Å². The van der Waals surface area contributed by atoms with E-state index < -0.39 is 17.8 Å². The van der Waals surface area contributed by atoms with E-state index in [0.717, 1.165) is 14.9 Å². The first-order valence-corrected chi connectivity index (χ1v) is 9.14. The lowest BCUT2D eigenvalue weighted by molar-refractivity contribution is -0.122. The summed E-state index contributed by atoms with van der Waals surface area (Å²) >= 11 is 3.38. The van der Waals surface area contributed by atoms with Crippen LogP contribution in [0.15, 0.2) is 81.2 Å². The minimum atomic E-state index is -0.784. The van der Waals surface area contributed by atoms with Gasteiger partial charge in [-0.1, -0.05) is 46.3 Å². The smallest absolute Gasteiger partial charge is 0.335 e. The van der Waals surface area contributed by atoms with Crippen molar-refractivity contribution in [1.82, 2.24) is 5.32 Å². The summed E-state index contributed by atoms with van der Waals surface area (Å²) in [6.07, 6.45) is 1.34. The van der Waals surface area contributed by atoms with E-state index in [9.17, 15) is 14.4 Å². The molecule has 0 atom stereocenters. The average molecular weight is 437 g/mol. The van der Waals surface area contributed by atoms with Crippen molar-refractivity contribution in [3.8, 4) is 11.3 Å². The van der Waals surface area contributed by atoms with Crippen LogP contribution in [0.4, 0.5) is 10.5 Å². The van der Waals surface area contributed by atoms with Crippen LogP contribution in [0.3, 0.4) is 0 Å². The Bertz CT molecular complexity index is 1100. The Kier molecular flexibility index (Phi) is 4.67. The highest BCUT2D eigenvalue weighted by molar-refractivity contribution is 9.10. The monoisotopic (exact) mass is 436 g/mol. The van der Waals surface area contributed by atoms with Gasteiger partial charge in [-0.15, -0.1) is 0 Å². The second-order valence-corrected chi connectivity index (χ2v) is 6.92. The summed E-state index contributed by atoms with van der Waals surface area (Å²) in [5, 5.41) is 2.19. The molecule has 0 aliphatic carbocycles. The molecule has 7 heteroatoms. The number of barbiturate groups is 1. The van der Waals surface area contributed by atoms with E-state index >= 15 is 0 Å². The number of rotatable bonds is 3. The van der Waals surface area contributed by atoms with Crippen LogP contribution >= 0.6 is 15.9 Å². The predicted molar refractivity (Wildman–Crippen MR) is 107 cm³/mol. The van der Waals surface area contributed by atoms with E-state index in [1.54, 1.807) is 42.5 Å². The lowest BCUT2D eigenvalue weighted by Gasteiger charge is -2.26. The van der Waals surface area contributed by atoms with Gasteiger partial charge in [-0.25, -0.2) is 9.69 Å². The maximum Gasteiger partial charge on any atom is 0.335 e. The van der Waals surface area contributed by atoms with Crippen molar-refractivity contribution >= 4 is 45.5 Å². The Labute approximate surface area is 168 Å². The number of imide groups is 2. The summed E-state index contributed by atoms with van der Waals surface area (Å²) in [5.74, 6) is -0.539. The molecule has 138 valence electrons. The van der Waals surface area contributed by atoms with Crippen molar-refractivity contribution in [3.05, 3.63) is 82.5 Å². The van der Waals surface area contributed by atoms with E-state index in [0.29, 0.717) is 17.2 Å². The van der Waals surface area contributed by atoms with Crippen LogP contribution in [0.5, 0.6) is 0 Å². The fraction of sp³-hybridized carbons (Fsp3) is 0. The van der Waals surface area contributed by atoms with Crippen LogP contribution in [0, 0.1) is 0 Å².